The van der Waals surface area contributed by atoms with Gasteiger partial charge in [0.05, 0.1) is 12.3 Å². The molecule has 0 amide bonds. The number of pyridine rings is 1. The topological polar surface area (TPSA) is 92.7 Å². The summed E-state index contributed by atoms with van der Waals surface area (Å²) < 4.78 is 28.6. The first-order chi connectivity index (χ1) is 14.2. The van der Waals surface area contributed by atoms with E-state index in [4.69, 9.17) is 4.74 Å². The van der Waals surface area contributed by atoms with Gasteiger partial charge in [-0.05, 0) is 69.0 Å². The molecule has 0 saturated heterocycles. The number of ether oxygens (including phenoxy) is 1. The molecule has 0 aliphatic carbocycles. The summed E-state index contributed by atoms with van der Waals surface area (Å²) >= 11 is 0. The van der Waals surface area contributed by atoms with Crippen LogP contribution in [0, 0.1) is 13.8 Å². The second-order valence-corrected chi connectivity index (χ2v) is 9.77. The monoisotopic (exact) mass is 560 g/mol. The Morgan fingerprint density at radius 3 is 2.58 bits per heavy atom. The molecule has 1 unspecified atom stereocenters. The molecule has 1 heterocycles. The van der Waals surface area contributed by atoms with E-state index in [1.54, 1.807) is 6.20 Å². The zero-order valence-electron chi connectivity index (χ0n) is 18.8. The molecule has 2 rings (SSSR count). The van der Waals surface area contributed by atoms with Gasteiger partial charge in [-0.15, -0.1) is 24.0 Å². The third-order valence-electron chi connectivity index (χ3n) is 4.57. The first kappa shape index (κ1) is 27.2. The SMILES string of the molecule is CCNC(=NCc1ccnc(Oc2ccc(C)c(C)c2)c1)NC(C)CCS(C)(=O)=O.I. The second-order valence-electron chi connectivity index (χ2n) is 7.51. The number of hydrogen-bond acceptors (Lipinski definition) is 5. The molecule has 1 aromatic carbocycles. The molecule has 2 N–H and O–H groups in total. The number of benzene rings is 1. The Kier molecular flexibility index (Phi) is 11.3. The Morgan fingerprint density at radius 1 is 1.19 bits per heavy atom. The third-order valence-corrected chi connectivity index (χ3v) is 5.55. The number of guanidine groups is 1. The molecule has 172 valence electrons. The average molecular weight is 561 g/mol. The number of aromatic nitrogens is 1. The molecule has 1 atom stereocenters. The molecule has 31 heavy (non-hydrogen) atoms. The van der Waals surface area contributed by atoms with Gasteiger partial charge in [-0.2, -0.15) is 0 Å². The van der Waals surface area contributed by atoms with E-state index in [2.05, 4.69) is 27.5 Å². The van der Waals surface area contributed by atoms with E-state index in [0.717, 1.165) is 11.3 Å². The number of nitrogens with one attached hydrogen (secondary N) is 2. The van der Waals surface area contributed by atoms with Crippen LogP contribution in [0.3, 0.4) is 0 Å². The lowest BCUT2D eigenvalue weighted by atomic mass is 10.1. The number of aliphatic imine (C=N–C) groups is 1. The van der Waals surface area contributed by atoms with E-state index in [9.17, 15) is 8.42 Å². The van der Waals surface area contributed by atoms with E-state index < -0.39 is 9.84 Å². The van der Waals surface area contributed by atoms with E-state index in [-0.39, 0.29) is 35.8 Å². The number of sulfone groups is 1. The fourth-order valence-electron chi connectivity index (χ4n) is 2.69. The van der Waals surface area contributed by atoms with E-state index in [1.807, 2.05) is 51.1 Å². The maximum Gasteiger partial charge on any atom is 0.219 e. The zero-order chi connectivity index (χ0) is 22.1. The Bertz CT molecular complexity index is 980. The highest BCUT2D eigenvalue weighted by Gasteiger charge is 2.10. The summed E-state index contributed by atoms with van der Waals surface area (Å²) in [5, 5.41) is 6.44. The number of nitrogens with zero attached hydrogens (tertiary/aromatic N) is 2. The molecule has 0 aliphatic rings. The largest absolute Gasteiger partial charge is 0.439 e. The molecule has 0 spiro atoms. The first-order valence-electron chi connectivity index (χ1n) is 10.1. The Morgan fingerprint density at radius 2 is 1.94 bits per heavy atom. The summed E-state index contributed by atoms with van der Waals surface area (Å²) in [6, 6.07) is 9.70. The number of rotatable bonds is 9. The second kappa shape index (κ2) is 12.8. The average Bonchev–Trinajstić information content (AvgIpc) is 2.67. The van der Waals surface area contributed by atoms with Gasteiger partial charge in [0.2, 0.25) is 5.88 Å². The van der Waals surface area contributed by atoms with Crippen molar-refractivity contribution < 1.29 is 13.2 Å². The summed E-state index contributed by atoms with van der Waals surface area (Å²) in [7, 11) is -2.98. The molecule has 1 aromatic heterocycles. The molecular weight excluding hydrogens is 527 g/mol. The Hall–Kier alpha value is -1.88. The smallest absolute Gasteiger partial charge is 0.219 e. The van der Waals surface area contributed by atoms with Crippen molar-refractivity contribution in [3.8, 4) is 11.6 Å². The molecule has 0 aliphatic heterocycles. The first-order valence-corrected chi connectivity index (χ1v) is 12.1. The van der Waals surface area contributed by atoms with Crippen molar-refractivity contribution in [2.45, 2.75) is 46.7 Å². The lowest BCUT2D eigenvalue weighted by Gasteiger charge is -2.17. The maximum absolute atomic E-state index is 11.4. The van der Waals surface area contributed by atoms with Gasteiger partial charge in [-0.1, -0.05) is 6.07 Å². The lowest BCUT2D eigenvalue weighted by molar-refractivity contribution is 0.461. The summed E-state index contributed by atoms with van der Waals surface area (Å²) in [4.78, 5) is 8.89. The van der Waals surface area contributed by atoms with Crippen LogP contribution >= 0.6 is 24.0 Å². The maximum atomic E-state index is 11.4. The molecule has 2 aromatic rings. The van der Waals surface area contributed by atoms with Crippen molar-refractivity contribution in [3.05, 3.63) is 53.2 Å². The Balaban J connectivity index is 0.00000480. The molecule has 0 radical (unpaired) electrons. The van der Waals surface area contributed by atoms with Gasteiger partial charge in [0.1, 0.15) is 15.6 Å². The van der Waals surface area contributed by atoms with Crippen molar-refractivity contribution in [1.82, 2.24) is 15.6 Å². The quantitative estimate of drug-likeness (QED) is 0.274. The van der Waals surface area contributed by atoms with Crippen molar-refractivity contribution in [3.63, 3.8) is 0 Å². The van der Waals surface area contributed by atoms with Crippen LogP contribution in [0.2, 0.25) is 0 Å². The molecule has 0 saturated carbocycles. The van der Waals surface area contributed by atoms with E-state index in [1.165, 1.54) is 17.4 Å². The lowest BCUT2D eigenvalue weighted by Crippen LogP contribution is -2.42. The van der Waals surface area contributed by atoms with Crippen LogP contribution in [0.1, 0.15) is 37.0 Å². The summed E-state index contributed by atoms with van der Waals surface area (Å²) in [6.45, 7) is 9.20. The van der Waals surface area contributed by atoms with Crippen molar-refractivity contribution in [1.29, 1.82) is 0 Å². The van der Waals surface area contributed by atoms with Gasteiger partial charge in [0.15, 0.2) is 5.96 Å². The number of hydrogen-bond donors (Lipinski definition) is 2. The van der Waals surface area contributed by atoms with Crippen LogP contribution in [0.15, 0.2) is 41.5 Å². The van der Waals surface area contributed by atoms with Crippen LogP contribution in [-0.2, 0) is 16.4 Å². The summed E-state index contributed by atoms with van der Waals surface area (Å²) in [6.07, 6.45) is 3.48. The van der Waals surface area contributed by atoms with E-state index in [0.29, 0.717) is 31.3 Å². The summed E-state index contributed by atoms with van der Waals surface area (Å²) in [5.41, 5.74) is 3.34. The molecule has 0 bridgehead atoms. The molecule has 9 heteroatoms. The highest BCUT2D eigenvalue weighted by molar-refractivity contribution is 14.0. The van der Waals surface area contributed by atoms with Gasteiger partial charge < -0.3 is 15.4 Å². The normalized spacial score (nSPS) is 12.6. The number of aryl methyl sites for hydroxylation is 2. The van der Waals surface area contributed by atoms with Crippen molar-refractivity contribution in [2.75, 3.05) is 18.6 Å². The highest BCUT2D eigenvalue weighted by Crippen LogP contribution is 2.22. The van der Waals surface area contributed by atoms with Gasteiger partial charge in [0, 0.05) is 31.1 Å². The van der Waals surface area contributed by atoms with Crippen LogP contribution in [-0.4, -0.2) is 44.0 Å². The standard InChI is InChI=1S/C22H32N4O3S.HI/c1-6-23-22(26-18(4)10-12-30(5,27)28)25-15-19-9-11-24-21(14-19)29-20-8-7-16(2)17(3)13-20;/h7-9,11,13-14,18H,6,10,12,15H2,1-5H3,(H2,23,25,26);1H. The third kappa shape index (κ3) is 10.3. The highest BCUT2D eigenvalue weighted by atomic mass is 127. The predicted octanol–water partition coefficient (Wildman–Crippen LogP) is 3.99. The van der Waals surface area contributed by atoms with Crippen LogP contribution in [0.4, 0.5) is 0 Å². The van der Waals surface area contributed by atoms with Crippen LogP contribution in [0.5, 0.6) is 11.6 Å². The molecule has 7 nitrogen and oxygen atoms in total. The predicted molar refractivity (Wildman–Crippen MR) is 137 cm³/mol. The van der Waals surface area contributed by atoms with Crippen LogP contribution in [0.25, 0.3) is 0 Å². The number of halogens is 1. The minimum atomic E-state index is -2.98. The van der Waals surface area contributed by atoms with Gasteiger partial charge in [-0.25, -0.2) is 18.4 Å². The van der Waals surface area contributed by atoms with Gasteiger partial charge >= 0.3 is 0 Å². The molecule has 0 fully saturated rings. The van der Waals surface area contributed by atoms with Crippen LogP contribution < -0.4 is 15.4 Å². The minimum Gasteiger partial charge on any atom is -0.439 e. The minimum absolute atomic E-state index is 0. The Labute approximate surface area is 203 Å². The van der Waals surface area contributed by atoms with Crippen molar-refractivity contribution >= 4 is 39.8 Å². The van der Waals surface area contributed by atoms with Crippen molar-refractivity contribution in [2.24, 2.45) is 4.99 Å². The fourth-order valence-corrected chi connectivity index (χ4v) is 3.47. The van der Waals surface area contributed by atoms with E-state index >= 15 is 0 Å². The summed E-state index contributed by atoms with van der Waals surface area (Å²) in [5.74, 6) is 2.06. The molecular formula is C22H33IN4O3S. The zero-order valence-corrected chi connectivity index (χ0v) is 22.0. The van der Waals surface area contributed by atoms with Gasteiger partial charge in [0.25, 0.3) is 0 Å². The van der Waals surface area contributed by atoms with Gasteiger partial charge in [-0.3, -0.25) is 0 Å². The fraction of sp³-hybridized carbons (Fsp3) is 0.455.